The van der Waals surface area contributed by atoms with Gasteiger partial charge in [0, 0.05) is 6.08 Å². The minimum atomic E-state index is -0.692. The zero-order valence-corrected chi connectivity index (χ0v) is 17.6. The fourth-order valence-electron chi connectivity index (χ4n) is 2.85. The average Bonchev–Trinajstić information content (AvgIpc) is 2.76. The molecular formula is C22H25N3O5. The van der Waals surface area contributed by atoms with Gasteiger partial charge in [-0.25, -0.2) is 0 Å². The van der Waals surface area contributed by atoms with Crippen LogP contribution in [0.1, 0.15) is 18.1 Å². The Kier molecular flexibility index (Phi) is 7.67. The number of nitrogens with two attached hydrogens (primary N) is 1. The van der Waals surface area contributed by atoms with E-state index in [4.69, 9.17) is 24.7 Å². The van der Waals surface area contributed by atoms with E-state index in [1.54, 1.807) is 37.3 Å². The molecule has 0 aliphatic carbocycles. The number of ether oxygens (including phenoxy) is 4. The first-order valence-electron chi connectivity index (χ1n) is 9.05. The van der Waals surface area contributed by atoms with E-state index in [1.165, 1.54) is 34.5 Å². The Morgan fingerprint density at radius 2 is 1.60 bits per heavy atom. The van der Waals surface area contributed by atoms with Crippen LogP contribution in [0.4, 0.5) is 5.69 Å². The summed E-state index contributed by atoms with van der Waals surface area (Å²) in [5.74, 6) is 1.46. The Morgan fingerprint density at radius 1 is 1.00 bits per heavy atom. The standard InChI is InChI=1S/C22H25N3O5/c1-13(24)22(26)25-17-10-14(6-7-18(17)27-2)16(8-9-23)15-11-19(28-3)21(30-5)20(12-15)29-4/h6-8,10-13H,24H2,1-5H3,(H,25,26)/b16-8+/t13-/m0/s1. The van der Waals surface area contributed by atoms with Gasteiger partial charge in [0.05, 0.1) is 46.2 Å². The molecule has 3 N–H and O–H groups in total. The number of nitrogens with zero attached hydrogens (tertiary/aromatic N) is 1. The molecule has 30 heavy (non-hydrogen) atoms. The molecule has 2 aromatic carbocycles. The van der Waals surface area contributed by atoms with Gasteiger partial charge in [-0.15, -0.1) is 0 Å². The average molecular weight is 411 g/mol. The third-order valence-electron chi connectivity index (χ3n) is 4.37. The lowest BCUT2D eigenvalue weighted by Crippen LogP contribution is -2.32. The Labute approximate surface area is 175 Å². The topological polar surface area (TPSA) is 116 Å². The molecule has 0 saturated carbocycles. The summed E-state index contributed by atoms with van der Waals surface area (Å²) in [5.41, 5.74) is 8.03. The van der Waals surface area contributed by atoms with E-state index < -0.39 is 6.04 Å². The van der Waals surface area contributed by atoms with Crippen molar-refractivity contribution < 1.29 is 23.7 Å². The van der Waals surface area contributed by atoms with E-state index in [0.29, 0.717) is 45.4 Å². The molecule has 2 aromatic rings. The molecule has 8 heteroatoms. The molecule has 0 aliphatic heterocycles. The van der Waals surface area contributed by atoms with Gasteiger partial charge in [0.2, 0.25) is 11.7 Å². The molecule has 0 radical (unpaired) electrons. The molecule has 2 rings (SSSR count). The second kappa shape index (κ2) is 10.2. The lowest BCUT2D eigenvalue weighted by Gasteiger charge is -2.17. The van der Waals surface area contributed by atoms with E-state index in [1.807, 2.05) is 0 Å². The van der Waals surface area contributed by atoms with Crippen molar-refractivity contribution in [2.75, 3.05) is 33.8 Å². The van der Waals surface area contributed by atoms with Gasteiger partial charge in [-0.3, -0.25) is 4.79 Å². The lowest BCUT2D eigenvalue weighted by atomic mass is 9.96. The van der Waals surface area contributed by atoms with Crippen LogP contribution < -0.4 is 30.0 Å². The van der Waals surface area contributed by atoms with Gasteiger partial charge >= 0.3 is 0 Å². The Morgan fingerprint density at radius 3 is 2.07 bits per heavy atom. The van der Waals surface area contributed by atoms with Crippen molar-refractivity contribution >= 4 is 17.2 Å². The van der Waals surface area contributed by atoms with Crippen molar-refractivity contribution in [2.24, 2.45) is 5.73 Å². The van der Waals surface area contributed by atoms with E-state index in [9.17, 15) is 10.1 Å². The van der Waals surface area contributed by atoms with Gasteiger partial charge in [-0.05, 0) is 47.9 Å². The zero-order valence-electron chi connectivity index (χ0n) is 17.6. The third-order valence-corrected chi connectivity index (χ3v) is 4.37. The van der Waals surface area contributed by atoms with Gasteiger partial charge in [0.15, 0.2) is 11.5 Å². The molecule has 0 aromatic heterocycles. The number of rotatable bonds is 8. The molecule has 0 heterocycles. The largest absolute Gasteiger partial charge is 0.495 e. The van der Waals surface area contributed by atoms with Crippen LogP contribution in [0.2, 0.25) is 0 Å². The highest BCUT2D eigenvalue weighted by Gasteiger charge is 2.18. The zero-order chi connectivity index (χ0) is 22.3. The van der Waals surface area contributed by atoms with Crippen LogP contribution in [-0.2, 0) is 4.79 Å². The molecule has 1 atom stereocenters. The summed E-state index contributed by atoms with van der Waals surface area (Å²) < 4.78 is 21.5. The number of nitrogens with one attached hydrogen (secondary N) is 1. The molecular weight excluding hydrogens is 386 g/mol. The normalized spacial score (nSPS) is 11.8. The van der Waals surface area contributed by atoms with Gasteiger partial charge in [0.1, 0.15) is 5.75 Å². The number of nitriles is 1. The minimum Gasteiger partial charge on any atom is -0.495 e. The van der Waals surface area contributed by atoms with Crippen LogP contribution in [0.15, 0.2) is 36.4 Å². The van der Waals surface area contributed by atoms with Crippen molar-refractivity contribution in [1.82, 2.24) is 0 Å². The fourth-order valence-corrected chi connectivity index (χ4v) is 2.85. The number of hydrogen-bond donors (Lipinski definition) is 2. The summed E-state index contributed by atoms with van der Waals surface area (Å²) in [6.07, 6.45) is 1.40. The maximum Gasteiger partial charge on any atom is 0.241 e. The number of carbonyl (C=O) groups excluding carboxylic acids is 1. The smallest absolute Gasteiger partial charge is 0.241 e. The molecule has 0 bridgehead atoms. The lowest BCUT2D eigenvalue weighted by molar-refractivity contribution is -0.117. The minimum absolute atomic E-state index is 0.357. The Hall–Kier alpha value is -3.70. The quantitative estimate of drug-likeness (QED) is 0.642. The summed E-state index contributed by atoms with van der Waals surface area (Å²) in [7, 11) is 6.05. The maximum atomic E-state index is 12.1. The highest BCUT2D eigenvalue weighted by Crippen LogP contribution is 2.41. The second-order valence-corrected chi connectivity index (χ2v) is 6.29. The SMILES string of the molecule is COc1ccc(/C(=C\C#N)c2cc(OC)c(OC)c(OC)c2)cc1NC(=O)[C@H](C)N. The van der Waals surface area contributed by atoms with Crippen molar-refractivity contribution in [2.45, 2.75) is 13.0 Å². The summed E-state index contributed by atoms with van der Waals surface area (Å²) in [6, 6.07) is 10.1. The van der Waals surface area contributed by atoms with E-state index in [0.717, 1.165) is 0 Å². The van der Waals surface area contributed by atoms with E-state index in [2.05, 4.69) is 11.4 Å². The predicted molar refractivity (Wildman–Crippen MR) is 114 cm³/mol. The van der Waals surface area contributed by atoms with Crippen molar-refractivity contribution in [3.63, 3.8) is 0 Å². The van der Waals surface area contributed by atoms with Crippen LogP contribution in [0.3, 0.4) is 0 Å². The number of carbonyl (C=O) groups is 1. The first-order valence-corrected chi connectivity index (χ1v) is 9.05. The van der Waals surface area contributed by atoms with Crippen LogP contribution >= 0.6 is 0 Å². The molecule has 0 spiro atoms. The van der Waals surface area contributed by atoms with Crippen molar-refractivity contribution in [3.8, 4) is 29.1 Å². The molecule has 0 aliphatic rings. The summed E-state index contributed by atoms with van der Waals surface area (Å²) in [4.78, 5) is 12.1. The predicted octanol–water partition coefficient (Wildman–Crippen LogP) is 2.96. The number of anilines is 1. The number of allylic oxidation sites excluding steroid dienone is 1. The van der Waals surface area contributed by atoms with Gasteiger partial charge in [-0.2, -0.15) is 5.26 Å². The van der Waals surface area contributed by atoms with Gasteiger partial charge < -0.3 is 30.0 Å². The number of methoxy groups -OCH3 is 4. The fraction of sp³-hybridized carbons (Fsp3) is 0.273. The summed E-state index contributed by atoms with van der Waals surface area (Å²) in [5, 5.41) is 12.1. The monoisotopic (exact) mass is 411 g/mol. The van der Waals surface area contributed by atoms with Crippen LogP contribution in [0, 0.1) is 11.3 Å². The van der Waals surface area contributed by atoms with E-state index >= 15 is 0 Å². The molecule has 8 nitrogen and oxygen atoms in total. The van der Waals surface area contributed by atoms with Crippen molar-refractivity contribution in [1.29, 1.82) is 5.26 Å². The number of hydrogen-bond acceptors (Lipinski definition) is 7. The Balaban J connectivity index is 2.63. The summed E-state index contributed by atoms with van der Waals surface area (Å²) >= 11 is 0. The van der Waals surface area contributed by atoms with Gasteiger partial charge in [0.25, 0.3) is 0 Å². The van der Waals surface area contributed by atoms with Crippen LogP contribution in [0.5, 0.6) is 23.0 Å². The van der Waals surface area contributed by atoms with Crippen LogP contribution in [-0.4, -0.2) is 40.4 Å². The second-order valence-electron chi connectivity index (χ2n) is 6.29. The first kappa shape index (κ1) is 22.6. The first-order chi connectivity index (χ1) is 14.4. The molecule has 0 saturated heterocycles. The summed E-state index contributed by atoms with van der Waals surface area (Å²) in [6.45, 7) is 1.59. The molecule has 0 fully saturated rings. The number of benzene rings is 2. The molecule has 1 amide bonds. The highest BCUT2D eigenvalue weighted by molar-refractivity contribution is 5.96. The van der Waals surface area contributed by atoms with Crippen molar-refractivity contribution in [3.05, 3.63) is 47.5 Å². The molecule has 158 valence electrons. The third kappa shape index (κ3) is 4.82. The molecule has 0 unspecified atom stereocenters. The van der Waals surface area contributed by atoms with E-state index in [-0.39, 0.29) is 5.91 Å². The highest BCUT2D eigenvalue weighted by atomic mass is 16.5. The number of amides is 1. The maximum absolute atomic E-state index is 12.1. The van der Waals surface area contributed by atoms with Gasteiger partial charge in [-0.1, -0.05) is 6.07 Å². The van der Waals surface area contributed by atoms with Crippen LogP contribution in [0.25, 0.3) is 5.57 Å². The Bertz CT molecular complexity index is 968.